The van der Waals surface area contributed by atoms with Crippen LogP contribution in [0.25, 0.3) is 0 Å². The van der Waals surface area contributed by atoms with Crippen molar-refractivity contribution in [3.63, 3.8) is 0 Å². The molecular weight excluding hydrogens is 318 g/mol. The normalized spacial score (nSPS) is 11.9. The molecule has 4 heteroatoms. The topological polar surface area (TPSA) is 41.5 Å². The summed E-state index contributed by atoms with van der Waals surface area (Å²) < 4.78 is 6.53. The quantitative estimate of drug-likeness (QED) is 0.847. The molecule has 20 heavy (non-hydrogen) atoms. The number of halogens is 1. The van der Waals surface area contributed by atoms with Crippen LogP contribution in [0.5, 0.6) is 5.75 Å². The van der Waals surface area contributed by atoms with Crippen LogP contribution in [0, 0.1) is 6.92 Å². The molecule has 0 aromatic heterocycles. The fourth-order valence-electron chi connectivity index (χ4n) is 1.69. The van der Waals surface area contributed by atoms with Crippen LogP contribution in [0.3, 0.4) is 0 Å². The first-order valence-electron chi connectivity index (χ1n) is 6.50. The molecule has 2 aromatic rings. The lowest BCUT2D eigenvalue weighted by molar-refractivity contribution is 0.117. The van der Waals surface area contributed by atoms with Crippen LogP contribution < -0.4 is 10.1 Å². The van der Waals surface area contributed by atoms with Gasteiger partial charge in [0.1, 0.15) is 18.5 Å². The minimum Gasteiger partial charge on any atom is -0.491 e. The van der Waals surface area contributed by atoms with E-state index in [1.165, 1.54) is 5.56 Å². The lowest BCUT2D eigenvalue weighted by Gasteiger charge is -2.14. The van der Waals surface area contributed by atoms with Crippen molar-refractivity contribution in [2.75, 3.05) is 18.5 Å². The van der Waals surface area contributed by atoms with E-state index >= 15 is 0 Å². The predicted octanol–water partition coefficient (Wildman–Crippen LogP) is 3.61. The predicted molar refractivity (Wildman–Crippen MR) is 85.3 cm³/mol. The molecule has 0 radical (unpaired) electrons. The molecule has 0 saturated heterocycles. The Balaban J connectivity index is 1.73. The van der Waals surface area contributed by atoms with Gasteiger partial charge in [-0.2, -0.15) is 0 Å². The van der Waals surface area contributed by atoms with Gasteiger partial charge in [-0.05, 0) is 43.3 Å². The standard InChI is InChI=1S/C16H18BrNO2/c1-12-2-6-14(7-3-12)18-10-15(19)11-20-16-8-4-13(17)5-9-16/h2-9,15,18-19H,10-11H2,1H3. The van der Waals surface area contributed by atoms with Crippen molar-refractivity contribution in [3.05, 3.63) is 58.6 Å². The van der Waals surface area contributed by atoms with Crippen LogP contribution in [0.2, 0.25) is 0 Å². The lowest BCUT2D eigenvalue weighted by Crippen LogP contribution is -2.26. The maximum Gasteiger partial charge on any atom is 0.119 e. The Hall–Kier alpha value is -1.52. The van der Waals surface area contributed by atoms with Crippen LogP contribution in [-0.4, -0.2) is 24.4 Å². The molecule has 0 aliphatic heterocycles. The van der Waals surface area contributed by atoms with Crippen molar-refractivity contribution in [1.29, 1.82) is 0 Å². The minimum atomic E-state index is -0.556. The maximum absolute atomic E-state index is 9.88. The molecule has 1 atom stereocenters. The molecule has 0 saturated carbocycles. The number of nitrogens with one attached hydrogen (secondary N) is 1. The number of hydrogen-bond acceptors (Lipinski definition) is 3. The molecule has 2 rings (SSSR count). The number of aliphatic hydroxyl groups excluding tert-OH is 1. The number of ether oxygens (including phenoxy) is 1. The largest absolute Gasteiger partial charge is 0.491 e. The molecule has 0 spiro atoms. The van der Waals surface area contributed by atoms with Crippen molar-refractivity contribution in [1.82, 2.24) is 0 Å². The number of anilines is 1. The molecule has 3 nitrogen and oxygen atoms in total. The van der Waals surface area contributed by atoms with Crippen molar-refractivity contribution < 1.29 is 9.84 Å². The van der Waals surface area contributed by atoms with Crippen molar-refractivity contribution in [3.8, 4) is 5.75 Å². The molecule has 1 unspecified atom stereocenters. The summed E-state index contributed by atoms with van der Waals surface area (Å²) in [7, 11) is 0. The van der Waals surface area contributed by atoms with Crippen molar-refractivity contribution in [2.45, 2.75) is 13.0 Å². The Morgan fingerprint density at radius 3 is 2.40 bits per heavy atom. The van der Waals surface area contributed by atoms with Gasteiger partial charge in [-0.3, -0.25) is 0 Å². The first-order valence-corrected chi connectivity index (χ1v) is 7.30. The maximum atomic E-state index is 9.88. The zero-order valence-electron chi connectivity index (χ0n) is 11.3. The highest BCUT2D eigenvalue weighted by atomic mass is 79.9. The van der Waals surface area contributed by atoms with Crippen molar-refractivity contribution >= 4 is 21.6 Å². The summed E-state index contributed by atoms with van der Waals surface area (Å²) in [5, 5.41) is 13.1. The molecule has 106 valence electrons. The number of benzene rings is 2. The smallest absolute Gasteiger partial charge is 0.119 e. The summed E-state index contributed by atoms with van der Waals surface area (Å²) in [5.41, 5.74) is 2.22. The summed E-state index contributed by atoms with van der Waals surface area (Å²) in [6, 6.07) is 15.6. The molecule has 0 amide bonds. The molecule has 2 aromatic carbocycles. The van der Waals surface area contributed by atoms with E-state index in [2.05, 4.69) is 21.2 Å². The second-order valence-electron chi connectivity index (χ2n) is 4.67. The monoisotopic (exact) mass is 335 g/mol. The Bertz CT molecular complexity index is 476. The number of hydrogen-bond donors (Lipinski definition) is 2. The summed E-state index contributed by atoms with van der Waals surface area (Å²) in [5.74, 6) is 0.752. The average molecular weight is 336 g/mol. The Morgan fingerprint density at radius 1 is 1.10 bits per heavy atom. The van der Waals surface area contributed by atoms with Gasteiger partial charge in [-0.25, -0.2) is 0 Å². The van der Waals surface area contributed by atoms with E-state index in [9.17, 15) is 5.11 Å². The van der Waals surface area contributed by atoms with Crippen LogP contribution in [-0.2, 0) is 0 Å². The average Bonchev–Trinajstić information content (AvgIpc) is 2.46. The van der Waals surface area contributed by atoms with Crippen molar-refractivity contribution in [2.24, 2.45) is 0 Å². The first kappa shape index (κ1) is 14.9. The number of aryl methyl sites for hydroxylation is 1. The van der Waals surface area contributed by atoms with E-state index in [0.29, 0.717) is 6.54 Å². The van der Waals surface area contributed by atoms with Gasteiger partial charge in [0.15, 0.2) is 0 Å². The number of rotatable bonds is 6. The molecule has 0 bridgehead atoms. The van der Waals surface area contributed by atoms with Gasteiger partial charge in [0.05, 0.1) is 0 Å². The summed E-state index contributed by atoms with van der Waals surface area (Å²) in [6.07, 6.45) is -0.556. The molecular formula is C16H18BrNO2. The van der Waals surface area contributed by atoms with Gasteiger partial charge in [0, 0.05) is 16.7 Å². The fraction of sp³-hybridized carbons (Fsp3) is 0.250. The van der Waals surface area contributed by atoms with Gasteiger partial charge < -0.3 is 15.2 Å². The zero-order chi connectivity index (χ0) is 14.4. The van der Waals surface area contributed by atoms with Gasteiger partial charge in [-0.15, -0.1) is 0 Å². The van der Waals surface area contributed by atoms with Gasteiger partial charge in [0.2, 0.25) is 0 Å². The summed E-state index contributed by atoms with van der Waals surface area (Å²) >= 11 is 3.37. The van der Waals surface area contributed by atoms with Gasteiger partial charge >= 0.3 is 0 Å². The van der Waals surface area contributed by atoms with E-state index in [0.717, 1.165) is 15.9 Å². The SMILES string of the molecule is Cc1ccc(NCC(O)COc2ccc(Br)cc2)cc1. The highest BCUT2D eigenvalue weighted by Gasteiger charge is 2.05. The minimum absolute atomic E-state index is 0.264. The Kier molecular flexibility index (Phi) is 5.44. The van der Waals surface area contributed by atoms with E-state index in [1.54, 1.807) is 0 Å². The van der Waals surface area contributed by atoms with Crippen LogP contribution in [0.15, 0.2) is 53.0 Å². The number of aliphatic hydroxyl groups is 1. The van der Waals surface area contributed by atoms with Crippen LogP contribution in [0.4, 0.5) is 5.69 Å². The van der Waals surface area contributed by atoms with Crippen LogP contribution in [0.1, 0.15) is 5.56 Å². The van der Waals surface area contributed by atoms with E-state index < -0.39 is 6.10 Å². The van der Waals surface area contributed by atoms with E-state index in [1.807, 2.05) is 55.5 Å². The third kappa shape index (κ3) is 4.87. The molecule has 0 aliphatic carbocycles. The highest BCUT2D eigenvalue weighted by molar-refractivity contribution is 9.10. The van der Waals surface area contributed by atoms with E-state index in [4.69, 9.17) is 4.74 Å². The molecule has 0 aliphatic rings. The summed E-state index contributed by atoms with van der Waals surface area (Å²) in [4.78, 5) is 0. The molecule has 0 fully saturated rings. The van der Waals surface area contributed by atoms with E-state index in [-0.39, 0.29) is 6.61 Å². The van der Waals surface area contributed by atoms with Gasteiger partial charge in [0.25, 0.3) is 0 Å². The second kappa shape index (κ2) is 7.31. The highest BCUT2D eigenvalue weighted by Crippen LogP contribution is 2.16. The lowest BCUT2D eigenvalue weighted by atomic mass is 10.2. The second-order valence-corrected chi connectivity index (χ2v) is 5.58. The third-order valence-corrected chi connectivity index (χ3v) is 3.38. The van der Waals surface area contributed by atoms with Crippen LogP contribution >= 0.6 is 15.9 Å². The van der Waals surface area contributed by atoms with Gasteiger partial charge in [-0.1, -0.05) is 33.6 Å². The molecule has 0 heterocycles. The third-order valence-electron chi connectivity index (χ3n) is 2.85. The Labute approximate surface area is 127 Å². The first-order chi connectivity index (χ1) is 9.63. The zero-order valence-corrected chi connectivity index (χ0v) is 12.9. The molecule has 2 N–H and O–H groups in total. The Morgan fingerprint density at radius 2 is 1.75 bits per heavy atom. The fourth-order valence-corrected chi connectivity index (χ4v) is 1.95. The summed E-state index contributed by atoms with van der Waals surface area (Å²) in [6.45, 7) is 2.77.